The van der Waals surface area contributed by atoms with E-state index >= 15 is 0 Å². The van der Waals surface area contributed by atoms with Crippen LogP contribution < -0.4 is 20.3 Å². The van der Waals surface area contributed by atoms with E-state index in [9.17, 15) is 19.2 Å². The molecule has 0 saturated carbocycles. The first-order valence-corrected chi connectivity index (χ1v) is 11.4. The average Bonchev–Trinajstić information content (AvgIpc) is 3.23. The average molecular weight is 488 g/mol. The normalized spacial score (nSPS) is 12.8. The second-order valence-corrected chi connectivity index (χ2v) is 8.11. The molecule has 184 valence electrons. The van der Waals surface area contributed by atoms with Crippen LogP contribution in [-0.2, 0) is 27.5 Å². The summed E-state index contributed by atoms with van der Waals surface area (Å²) in [6.07, 6.45) is 0.467. The predicted molar refractivity (Wildman–Crippen MR) is 130 cm³/mol. The highest BCUT2D eigenvalue weighted by Gasteiger charge is 2.28. The van der Waals surface area contributed by atoms with Crippen molar-refractivity contribution in [2.45, 2.75) is 26.0 Å². The van der Waals surface area contributed by atoms with Gasteiger partial charge in [0, 0.05) is 18.4 Å². The maximum atomic E-state index is 12.3. The second kappa shape index (κ2) is 11.7. The first-order chi connectivity index (χ1) is 17.5. The molecule has 36 heavy (non-hydrogen) atoms. The van der Waals surface area contributed by atoms with Gasteiger partial charge in [0.1, 0.15) is 18.1 Å². The number of benzene rings is 3. The maximum Gasteiger partial charge on any atom is 0.276 e. The molecular weight excluding hydrogens is 462 g/mol. The first-order valence-electron chi connectivity index (χ1n) is 11.4. The fourth-order valence-corrected chi connectivity index (χ4v) is 3.50. The van der Waals surface area contributed by atoms with Crippen LogP contribution in [0.25, 0.3) is 0 Å². The van der Waals surface area contributed by atoms with Crippen molar-refractivity contribution in [1.29, 1.82) is 0 Å². The number of nitrogens with zero attached hydrogens (tertiary/aromatic N) is 1. The number of imide groups is 1. The van der Waals surface area contributed by atoms with Crippen LogP contribution in [0.5, 0.6) is 11.5 Å². The van der Waals surface area contributed by atoms with E-state index in [1.54, 1.807) is 48.5 Å². The first kappa shape index (κ1) is 24.5. The van der Waals surface area contributed by atoms with Gasteiger partial charge < -0.3 is 9.47 Å². The molecule has 3 aromatic carbocycles. The summed E-state index contributed by atoms with van der Waals surface area (Å²) in [7, 11) is 0. The lowest BCUT2D eigenvalue weighted by molar-refractivity contribution is -0.139. The van der Waals surface area contributed by atoms with Crippen molar-refractivity contribution in [3.63, 3.8) is 0 Å². The highest BCUT2D eigenvalue weighted by atomic mass is 16.5. The standard InChI is InChI=1S/C27H25N3O6/c31-24(18-36-23-12-10-22(11-13-23)35-17-20-4-2-1-3-5-20)28-29-27(34)21-8-6-19(7-9-21)16-30-25(32)14-15-26(30)33/h1-13H,14-18H2,(H,28,31)(H,29,34). The Morgan fingerprint density at radius 3 is 1.97 bits per heavy atom. The molecular formula is C27H25N3O6. The predicted octanol–water partition coefficient (Wildman–Crippen LogP) is 2.75. The maximum absolute atomic E-state index is 12.3. The van der Waals surface area contributed by atoms with Gasteiger partial charge in [0.05, 0.1) is 6.54 Å². The van der Waals surface area contributed by atoms with Gasteiger partial charge in [-0.15, -0.1) is 0 Å². The molecule has 9 heteroatoms. The van der Waals surface area contributed by atoms with Crippen molar-refractivity contribution < 1.29 is 28.7 Å². The van der Waals surface area contributed by atoms with Gasteiger partial charge in [0.2, 0.25) is 11.8 Å². The molecule has 2 N–H and O–H groups in total. The molecule has 1 heterocycles. The Hall–Kier alpha value is -4.66. The van der Waals surface area contributed by atoms with Crippen LogP contribution in [0.3, 0.4) is 0 Å². The largest absolute Gasteiger partial charge is 0.489 e. The highest BCUT2D eigenvalue weighted by molar-refractivity contribution is 6.01. The summed E-state index contributed by atoms with van der Waals surface area (Å²) in [6.45, 7) is 0.332. The number of amides is 4. The van der Waals surface area contributed by atoms with Crippen molar-refractivity contribution in [3.8, 4) is 11.5 Å². The zero-order valence-corrected chi connectivity index (χ0v) is 19.4. The Balaban J connectivity index is 1.17. The summed E-state index contributed by atoms with van der Waals surface area (Å²) >= 11 is 0. The quantitative estimate of drug-likeness (QED) is 0.354. The zero-order chi connectivity index (χ0) is 25.3. The molecule has 4 amide bonds. The third-order valence-electron chi connectivity index (χ3n) is 5.47. The van der Waals surface area contributed by atoms with Crippen molar-refractivity contribution >= 4 is 23.6 Å². The Kier molecular flexibility index (Phi) is 7.92. The minimum atomic E-state index is -0.532. The summed E-state index contributed by atoms with van der Waals surface area (Å²) in [4.78, 5) is 49.0. The molecule has 9 nitrogen and oxygen atoms in total. The van der Waals surface area contributed by atoms with E-state index in [1.807, 2.05) is 30.3 Å². The summed E-state index contributed by atoms with van der Waals surface area (Å²) in [5, 5.41) is 0. The molecule has 0 aromatic heterocycles. The minimum Gasteiger partial charge on any atom is -0.489 e. The lowest BCUT2D eigenvalue weighted by atomic mass is 10.1. The van der Waals surface area contributed by atoms with E-state index in [1.165, 1.54) is 4.90 Å². The summed E-state index contributed by atoms with van der Waals surface area (Å²) in [6, 6.07) is 23.1. The van der Waals surface area contributed by atoms with Gasteiger partial charge in [-0.05, 0) is 47.5 Å². The van der Waals surface area contributed by atoms with Gasteiger partial charge in [-0.2, -0.15) is 0 Å². The molecule has 1 fully saturated rings. The Labute approximate surface area is 208 Å². The third-order valence-corrected chi connectivity index (χ3v) is 5.47. The molecule has 0 radical (unpaired) electrons. The number of carbonyl (C=O) groups excluding carboxylic acids is 4. The number of nitrogens with one attached hydrogen (secondary N) is 2. The Morgan fingerprint density at radius 2 is 1.33 bits per heavy atom. The Morgan fingerprint density at radius 1 is 0.722 bits per heavy atom. The number of carbonyl (C=O) groups is 4. The summed E-state index contributed by atoms with van der Waals surface area (Å²) < 4.78 is 11.2. The van der Waals surface area contributed by atoms with E-state index in [4.69, 9.17) is 9.47 Å². The van der Waals surface area contributed by atoms with Gasteiger partial charge in [0.25, 0.3) is 11.8 Å². The molecule has 0 unspecified atom stereocenters. The van der Waals surface area contributed by atoms with Crippen molar-refractivity contribution in [3.05, 3.63) is 95.6 Å². The van der Waals surface area contributed by atoms with Crippen molar-refractivity contribution in [2.24, 2.45) is 0 Å². The summed E-state index contributed by atoms with van der Waals surface area (Å²) in [5.41, 5.74) is 6.72. The van der Waals surface area contributed by atoms with Crippen molar-refractivity contribution in [2.75, 3.05) is 6.61 Å². The molecule has 3 aromatic rings. The number of hydrogen-bond acceptors (Lipinski definition) is 6. The van der Waals surface area contributed by atoms with Gasteiger partial charge in [-0.1, -0.05) is 42.5 Å². The fourth-order valence-electron chi connectivity index (χ4n) is 3.50. The summed E-state index contributed by atoms with van der Waals surface area (Å²) in [5.74, 6) is -0.279. The van der Waals surface area contributed by atoms with E-state index in [-0.39, 0.29) is 37.8 Å². The number of rotatable bonds is 9. The number of hydrogen-bond donors (Lipinski definition) is 2. The van der Waals surface area contributed by atoms with Crippen LogP contribution in [-0.4, -0.2) is 35.1 Å². The highest BCUT2D eigenvalue weighted by Crippen LogP contribution is 2.19. The van der Waals surface area contributed by atoms with Crippen LogP contribution in [0.15, 0.2) is 78.9 Å². The van der Waals surface area contributed by atoms with E-state index < -0.39 is 11.8 Å². The van der Waals surface area contributed by atoms with Gasteiger partial charge in [-0.3, -0.25) is 34.9 Å². The van der Waals surface area contributed by atoms with Crippen LogP contribution in [0.1, 0.15) is 34.3 Å². The van der Waals surface area contributed by atoms with Crippen LogP contribution in [0.2, 0.25) is 0 Å². The molecule has 4 rings (SSSR count). The molecule has 0 atom stereocenters. The lowest BCUT2D eigenvalue weighted by Gasteiger charge is -2.14. The van der Waals surface area contributed by atoms with Crippen LogP contribution in [0, 0.1) is 0 Å². The van der Waals surface area contributed by atoms with Gasteiger partial charge in [0.15, 0.2) is 6.61 Å². The third kappa shape index (κ3) is 6.69. The number of likely N-dealkylation sites (tertiary alicyclic amines) is 1. The van der Waals surface area contributed by atoms with Crippen LogP contribution in [0.4, 0.5) is 0 Å². The van der Waals surface area contributed by atoms with Crippen LogP contribution >= 0.6 is 0 Å². The second-order valence-electron chi connectivity index (χ2n) is 8.11. The number of ether oxygens (including phenoxy) is 2. The Bertz CT molecular complexity index is 1210. The zero-order valence-electron chi connectivity index (χ0n) is 19.4. The molecule has 1 saturated heterocycles. The molecule has 0 aliphatic carbocycles. The smallest absolute Gasteiger partial charge is 0.276 e. The lowest BCUT2D eigenvalue weighted by Crippen LogP contribution is -2.43. The molecule has 1 aliphatic heterocycles. The topological polar surface area (TPSA) is 114 Å². The van der Waals surface area contributed by atoms with Crippen molar-refractivity contribution in [1.82, 2.24) is 15.8 Å². The van der Waals surface area contributed by atoms with Gasteiger partial charge >= 0.3 is 0 Å². The fraction of sp³-hybridized carbons (Fsp3) is 0.185. The monoisotopic (exact) mass is 487 g/mol. The number of hydrazine groups is 1. The van der Waals surface area contributed by atoms with E-state index in [2.05, 4.69) is 10.9 Å². The van der Waals surface area contributed by atoms with E-state index in [0.717, 1.165) is 11.1 Å². The van der Waals surface area contributed by atoms with E-state index in [0.29, 0.717) is 23.7 Å². The van der Waals surface area contributed by atoms with Gasteiger partial charge in [-0.25, -0.2) is 0 Å². The minimum absolute atomic E-state index is 0.174. The molecule has 1 aliphatic rings. The molecule has 0 bridgehead atoms. The molecule has 0 spiro atoms. The SMILES string of the molecule is O=C(COc1ccc(OCc2ccccc2)cc1)NNC(=O)c1ccc(CN2C(=O)CCC2=O)cc1.